The van der Waals surface area contributed by atoms with Crippen LogP contribution in [0.4, 0.5) is 0 Å². The molecule has 2 rings (SSSR count). The van der Waals surface area contributed by atoms with Gasteiger partial charge in [-0.05, 0) is 30.4 Å². The first-order valence-corrected chi connectivity index (χ1v) is 4.93. The predicted octanol–water partition coefficient (Wildman–Crippen LogP) is 2.42. The zero-order chi connectivity index (χ0) is 11.5. The second-order valence-corrected chi connectivity index (χ2v) is 3.36. The van der Waals surface area contributed by atoms with Gasteiger partial charge < -0.3 is 13.9 Å². The van der Waals surface area contributed by atoms with Crippen LogP contribution in [0.2, 0.25) is 0 Å². The molecule has 16 heavy (non-hydrogen) atoms. The van der Waals surface area contributed by atoms with E-state index >= 15 is 0 Å². The summed E-state index contributed by atoms with van der Waals surface area (Å²) in [6.07, 6.45) is 0. The molecule has 1 aromatic heterocycles. The Labute approximate surface area is 97.0 Å². The molecule has 5 nitrogen and oxygen atoms in total. The molecule has 0 amide bonds. The van der Waals surface area contributed by atoms with Crippen LogP contribution < -0.4 is 9.47 Å². The second kappa shape index (κ2) is 4.36. The Morgan fingerprint density at radius 3 is 2.56 bits per heavy atom. The first kappa shape index (κ1) is 10.7. The summed E-state index contributed by atoms with van der Waals surface area (Å²) >= 11 is 4.80. The number of benzene rings is 1. The minimum atomic E-state index is 0.241. The maximum atomic E-state index is 5.19. The molecule has 1 aromatic carbocycles. The van der Waals surface area contributed by atoms with Gasteiger partial charge in [0.15, 0.2) is 11.5 Å². The van der Waals surface area contributed by atoms with E-state index in [2.05, 4.69) is 10.2 Å². The first-order chi connectivity index (χ1) is 7.74. The monoisotopic (exact) mass is 238 g/mol. The molecule has 84 valence electrons. The third-order valence-corrected chi connectivity index (χ3v) is 2.24. The van der Waals surface area contributed by atoms with Crippen LogP contribution in [0.1, 0.15) is 0 Å². The Morgan fingerprint density at radius 1 is 1.25 bits per heavy atom. The summed E-state index contributed by atoms with van der Waals surface area (Å²) in [5.41, 5.74) is 0.769. The Hall–Kier alpha value is -1.82. The van der Waals surface area contributed by atoms with Crippen molar-refractivity contribution < 1.29 is 13.9 Å². The molecular formula is C10H10N2O3S. The lowest BCUT2D eigenvalue weighted by Crippen LogP contribution is -1.90. The number of nitrogens with zero attached hydrogens (tertiary/aromatic N) is 1. The van der Waals surface area contributed by atoms with Gasteiger partial charge in [0, 0.05) is 5.56 Å². The molecule has 1 N–H and O–H groups in total. The summed E-state index contributed by atoms with van der Waals surface area (Å²) in [4.78, 5) is 0.241. The average Bonchev–Trinajstić information content (AvgIpc) is 2.75. The Morgan fingerprint density at radius 2 is 2.00 bits per heavy atom. The smallest absolute Gasteiger partial charge is 0.284 e. The van der Waals surface area contributed by atoms with Gasteiger partial charge in [0.1, 0.15) is 0 Å². The van der Waals surface area contributed by atoms with Crippen molar-refractivity contribution in [2.75, 3.05) is 14.2 Å². The fourth-order valence-corrected chi connectivity index (χ4v) is 1.45. The van der Waals surface area contributed by atoms with Crippen LogP contribution >= 0.6 is 12.2 Å². The highest BCUT2D eigenvalue weighted by Gasteiger charge is 2.09. The Kier molecular flexibility index (Phi) is 2.91. The summed E-state index contributed by atoms with van der Waals surface area (Å²) in [6, 6.07) is 5.37. The molecule has 0 aliphatic rings. The molecule has 0 fully saturated rings. The van der Waals surface area contributed by atoms with Crippen molar-refractivity contribution in [3.63, 3.8) is 0 Å². The molecule has 0 unspecified atom stereocenters. The normalized spacial score (nSPS) is 10.1. The summed E-state index contributed by atoms with van der Waals surface area (Å²) in [5.74, 6) is 1.69. The summed E-state index contributed by atoms with van der Waals surface area (Å²) in [5, 5.41) is 6.48. The lowest BCUT2D eigenvalue weighted by atomic mass is 10.2. The van der Waals surface area contributed by atoms with Gasteiger partial charge in [-0.25, -0.2) is 5.10 Å². The minimum absolute atomic E-state index is 0.241. The highest BCUT2D eigenvalue weighted by Crippen LogP contribution is 2.31. The molecule has 0 saturated carbocycles. The maximum absolute atomic E-state index is 5.19. The molecule has 0 atom stereocenters. The van der Waals surface area contributed by atoms with E-state index in [9.17, 15) is 0 Å². The molecule has 0 spiro atoms. The van der Waals surface area contributed by atoms with Gasteiger partial charge in [-0.15, -0.1) is 5.10 Å². The van der Waals surface area contributed by atoms with E-state index in [1.807, 2.05) is 6.07 Å². The van der Waals surface area contributed by atoms with Crippen molar-refractivity contribution in [3.8, 4) is 23.0 Å². The van der Waals surface area contributed by atoms with Crippen molar-refractivity contribution in [2.45, 2.75) is 0 Å². The van der Waals surface area contributed by atoms with Gasteiger partial charge >= 0.3 is 0 Å². The van der Waals surface area contributed by atoms with Crippen LogP contribution in [0, 0.1) is 4.84 Å². The summed E-state index contributed by atoms with van der Waals surface area (Å²) in [6.45, 7) is 0. The van der Waals surface area contributed by atoms with Crippen molar-refractivity contribution in [1.82, 2.24) is 10.2 Å². The zero-order valence-corrected chi connectivity index (χ0v) is 9.63. The molecule has 0 saturated heterocycles. The van der Waals surface area contributed by atoms with E-state index < -0.39 is 0 Å². The van der Waals surface area contributed by atoms with Crippen LogP contribution in [0.3, 0.4) is 0 Å². The van der Waals surface area contributed by atoms with Gasteiger partial charge in [-0.1, -0.05) is 0 Å². The first-order valence-electron chi connectivity index (χ1n) is 4.52. The number of nitrogens with one attached hydrogen (secondary N) is 1. The predicted molar refractivity (Wildman–Crippen MR) is 60.2 cm³/mol. The Bertz CT molecular complexity index is 547. The van der Waals surface area contributed by atoms with E-state index in [1.165, 1.54) is 0 Å². The van der Waals surface area contributed by atoms with Crippen LogP contribution in [-0.4, -0.2) is 24.4 Å². The number of methoxy groups -OCH3 is 2. The fourth-order valence-electron chi connectivity index (χ4n) is 1.32. The second-order valence-electron chi connectivity index (χ2n) is 2.99. The zero-order valence-electron chi connectivity index (χ0n) is 8.81. The molecule has 1 heterocycles. The van der Waals surface area contributed by atoms with E-state index in [4.69, 9.17) is 26.1 Å². The van der Waals surface area contributed by atoms with Gasteiger partial charge in [0.25, 0.3) is 4.84 Å². The molecule has 6 heteroatoms. The quantitative estimate of drug-likeness (QED) is 0.832. The molecule has 0 radical (unpaired) electrons. The SMILES string of the molecule is COc1ccc(-c2n[nH]c(=S)o2)cc1OC. The number of ether oxygens (including phenoxy) is 2. The maximum Gasteiger partial charge on any atom is 0.284 e. The van der Waals surface area contributed by atoms with E-state index in [1.54, 1.807) is 26.4 Å². The highest BCUT2D eigenvalue weighted by molar-refractivity contribution is 7.71. The van der Waals surface area contributed by atoms with Crippen LogP contribution in [0.15, 0.2) is 22.6 Å². The lowest BCUT2D eigenvalue weighted by molar-refractivity contribution is 0.355. The van der Waals surface area contributed by atoms with Gasteiger partial charge in [-0.2, -0.15) is 0 Å². The molecular weight excluding hydrogens is 228 g/mol. The van der Waals surface area contributed by atoms with Gasteiger partial charge in [0.05, 0.1) is 14.2 Å². The number of H-pyrrole nitrogens is 1. The third-order valence-electron chi connectivity index (χ3n) is 2.07. The highest BCUT2D eigenvalue weighted by atomic mass is 32.1. The summed E-state index contributed by atoms with van der Waals surface area (Å²) < 4.78 is 15.5. The number of aromatic nitrogens is 2. The minimum Gasteiger partial charge on any atom is -0.493 e. The van der Waals surface area contributed by atoms with E-state index in [0.29, 0.717) is 17.4 Å². The summed E-state index contributed by atoms with van der Waals surface area (Å²) in [7, 11) is 3.15. The van der Waals surface area contributed by atoms with E-state index in [0.717, 1.165) is 5.56 Å². The molecule has 0 bridgehead atoms. The van der Waals surface area contributed by atoms with Crippen LogP contribution in [-0.2, 0) is 0 Å². The number of rotatable bonds is 3. The number of hydrogen-bond acceptors (Lipinski definition) is 5. The molecule has 0 aliphatic carbocycles. The van der Waals surface area contributed by atoms with Crippen LogP contribution in [0.25, 0.3) is 11.5 Å². The van der Waals surface area contributed by atoms with Gasteiger partial charge in [-0.3, -0.25) is 0 Å². The number of aromatic amines is 1. The average molecular weight is 238 g/mol. The molecule has 2 aromatic rings. The topological polar surface area (TPSA) is 60.3 Å². The van der Waals surface area contributed by atoms with Crippen molar-refractivity contribution >= 4 is 12.2 Å². The van der Waals surface area contributed by atoms with Crippen molar-refractivity contribution in [1.29, 1.82) is 0 Å². The standard InChI is InChI=1S/C10H10N2O3S/c1-13-7-4-3-6(5-8(7)14-2)9-11-12-10(16)15-9/h3-5H,1-2H3,(H,12,16). The fraction of sp³-hybridized carbons (Fsp3) is 0.200. The lowest BCUT2D eigenvalue weighted by Gasteiger charge is -2.07. The van der Waals surface area contributed by atoms with Crippen molar-refractivity contribution in [3.05, 3.63) is 23.0 Å². The van der Waals surface area contributed by atoms with E-state index in [-0.39, 0.29) is 4.84 Å². The number of hydrogen-bond donors (Lipinski definition) is 1. The van der Waals surface area contributed by atoms with Gasteiger partial charge in [0.2, 0.25) is 5.89 Å². The Balaban J connectivity index is 2.47. The molecule has 0 aliphatic heterocycles. The van der Waals surface area contributed by atoms with Crippen LogP contribution in [0.5, 0.6) is 11.5 Å². The van der Waals surface area contributed by atoms with Crippen molar-refractivity contribution in [2.24, 2.45) is 0 Å². The largest absolute Gasteiger partial charge is 0.493 e. The third kappa shape index (κ3) is 1.92.